The molecule has 0 radical (unpaired) electrons. The van der Waals surface area contributed by atoms with Gasteiger partial charge in [-0.25, -0.2) is 0 Å². The number of nitrogens with zero attached hydrogens (tertiary/aromatic N) is 2. The summed E-state index contributed by atoms with van der Waals surface area (Å²) >= 11 is 0. The van der Waals surface area contributed by atoms with E-state index in [1.807, 2.05) is 0 Å². The fourth-order valence-electron chi connectivity index (χ4n) is 4.20. The van der Waals surface area contributed by atoms with E-state index in [2.05, 4.69) is 36.3 Å². The molecule has 2 fully saturated rings. The topological polar surface area (TPSA) is 58.1 Å². The number of ether oxygens (including phenoxy) is 2. The van der Waals surface area contributed by atoms with Gasteiger partial charge < -0.3 is 20.1 Å². The van der Waals surface area contributed by atoms with Gasteiger partial charge in [0.1, 0.15) is 0 Å². The minimum Gasteiger partial charge on any atom is -0.379 e. The van der Waals surface area contributed by atoms with Crippen molar-refractivity contribution in [3.63, 3.8) is 0 Å². The molecule has 1 heterocycles. The average molecular weight is 383 g/mol. The first-order valence-corrected chi connectivity index (χ1v) is 11.2. The van der Waals surface area contributed by atoms with Crippen molar-refractivity contribution in [2.75, 3.05) is 59.1 Å². The van der Waals surface area contributed by atoms with Crippen LogP contribution in [0.2, 0.25) is 0 Å². The van der Waals surface area contributed by atoms with Crippen molar-refractivity contribution in [3.8, 4) is 0 Å². The molecule has 0 spiro atoms. The van der Waals surface area contributed by atoms with Gasteiger partial charge in [-0.1, -0.05) is 19.8 Å². The van der Waals surface area contributed by atoms with Gasteiger partial charge in [0.2, 0.25) is 0 Å². The summed E-state index contributed by atoms with van der Waals surface area (Å²) in [5, 5.41) is 6.90. The summed E-state index contributed by atoms with van der Waals surface area (Å²) in [5.74, 6) is 2.24. The Kier molecular flexibility index (Phi) is 11.1. The highest BCUT2D eigenvalue weighted by Crippen LogP contribution is 2.30. The van der Waals surface area contributed by atoms with E-state index in [1.165, 1.54) is 25.7 Å². The fourth-order valence-corrected chi connectivity index (χ4v) is 4.20. The highest BCUT2D eigenvalue weighted by Gasteiger charge is 2.25. The lowest BCUT2D eigenvalue weighted by molar-refractivity contribution is 0.0169. The molecule has 1 aliphatic heterocycles. The summed E-state index contributed by atoms with van der Waals surface area (Å²) in [6.07, 6.45) is 6.86. The van der Waals surface area contributed by atoms with Crippen molar-refractivity contribution >= 4 is 5.96 Å². The Morgan fingerprint density at radius 2 is 1.93 bits per heavy atom. The third kappa shape index (κ3) is 8.79. The lowest BCUT2D eigenvalue weighted by atomic mass is 9.98. The Morgan fingerprint density at radius 1 is 1.19 bits per heavy atom. The lowest BCUT2D eigenvalue weighted by Crippen LogP contribution is -2.41. The number of rotatable bonds is 11. The molecule has 1 saturated heterocycles. The zero-order valence-electron chi connectivity index (χ0n) is 17.8. The molecule has 158 valence electrons. The second-order valence-corrected chi connectivity index (χ2v) is 7.99. The van der Waals surface area contributed by atoms with Gasteiger partial charge in [-0.2, -0.15) is 0 Å². The molecule has 6 nitrogen and oxygen atoms in total. The van der Waals surface area contributed by atoms with E-state index in [0.717, 1.165) is 77.4 Å². The Hall–Kier alpha value is -0.850. The largest absolute Gasteiger partial charge is 0.379 e. The van der Waals surface area contributed by atoms with Gasteiger partial charge in [0, 0.05) is 45.9 Å². The molecule has 0 bridgehead atoms. The molecule has 6 heteroatoms. The summed E-state index contributed by atoms with van der Waals surface area (Å²) in [7, 11) is 0. The number of guanidine groups is 1. The van der Waals surface area contributed by atoms with E-state index in [1.54, 1.807) is 0 Å². The molecule has 27 heavy (non-hydrogen) atoms. The Bertz CT molecular complexity index is 407. The molecule has 2 rings (SSSR count). The maximum atomic E-state index is 6.03. The molecule has 0 amide bonds. The average Bonchev–Trinajstić information content (AvgIpc) is 3.21. The van der Waals surface area contributed by atoms with Crippen LogP contribution >= 0.6 is 0 Å². The second kappa shape index (κ2) is 13.3. The number of aliphatic imine (C=N–C) groups is 1. The van der Waals surface area contributed by atoms with Crippen molar-refractivity contribution in [3.05, 3.63) is 0 Å². The number of hydrogen-bond acceptors (Lipinski definition) is 4. The Balaban J connectivity index is 1.72. The molecule has 0 aromatic rings. The van der Waals surface area contributed by atoms with Gasteiger partial charge in [0.15, 0.2) is 5.96 Å². The number of hydrogen-bond donors (Lipinski definition) is 2. The van der Waals surface area contributed by atoms with Crippen LogP contribution in [-0.2, 0) is 9.47 Å². The standard InChI is InChI=1S/C21H42N4O2/c1-4-22-21(24-16-18(3)17-25-12-14-26-15-13-25)23-11-10-20(27-5-2)19-8-6-7-9-19/h18-20H,4-17H2,1-3H3,(H2,22,23,24). The molecule has 2 atom stereocenters. The highest BCUT2D eigenvalue weighted by molar-refractivity contribution is 5.79. The third-order valence-electron chi connectivity index (χ3n) is 5.61. The second-order valence-electron chi connectivity index (χ2n) is 7.99. The first-order chi connectivity index (χ1) is 13.2. The molecular weight excluding hydrogens is 340 g/mol. The molecule has 2 N–H and O–H groups in total. The van der Waals surface area contributed by atoms with Crippen LogP contribution in [0.1, 0.15) is 52.9 Å². The zero-order chi connectivity index (χ0) is 19.3. The van der Waals surface area contributed by atoms with E-state index in [0.29, 0.717) is 12.0 Å². The van der Waals surface area contributed by atoms with E-state index in [-0.39, 0.29) is 0 Å². The van der Waals surface area contributed by atoms with E-state index in [4.69, 9.17) is 14.5 Å². The first-order valence-electron chi connectivity index (χ1n) is 11.2. The molecule has 2 unspecified atom stereocenters. The van der Waals surface area contributed by atoms with Crippen LogP contribution in [-0.4, -0.2) is 76.1 Å². The predicted octanol–water partition coefficient (Wildman–Crippen LogP) is 2.50. The summed E-state index contributed by atoms with van der Waals surface area (Å²) in [6.45, 7) is 14.9. The summed E-state index contributed by atoms with van der Waals surface area (Å²) in [4.78, 5) is 7.30. The molecular formula is C21H42N4O2. The van der Waals surface area contributed by atoms with Crippen LogP contribution in [0.4, 0.5) is 0 Å². The van der Waals surface area contributed by atoms with Gasteiger partial charge in [-0.15, -0.1) is 0 Å². The van der Waals surface area contributed by atoms with E-state index in [9.17, 15) is 0 Å². The van der Waals surface area contributed by atoms with Crippen LogP contribution in [0.15, 0.2) is 4.99 Å². The highest BCUT2D eigenvalue weighted by atomic mass is 16.5. The molecule has 1 aliphatic carbocycles. The third-order valence-corrected chi connectivity index (χ3v) is 5.61. The maximum Gasteiger partial charge on any atom is 0.191 e. The van der Waals surface area contributed by atoms with E-state index >= 15 is 0 Å². The minimum absolute atomic E-state index is 0.396. The van der Waals surface area contributed by atoms with Gasteiger partial charge in [0.25, 0.3) is 0 Å². The monoisotopic (exact) mass is 382 g/mol. The van der Waals surface area contributed by atoms with Crippen molar-refractivity contribution in [1.29, 1.82) is 0 Å². The molecule has 0 aromatic heterocycles. The number of morpholine rings is 1. The zero-order valence-corrected chi connectivity index (χ0v) is 17.8. The number of nitrogens with one attached hydrogen (secondary N) is 2. The van der Waals surface area contributed by atoms with Crippen molar-refractivity contribution in [1.82, 2.24) is 15.5 Å². The predicted molar refractivity (Wildman–Crippen MR) is 112 cm³/mol. The Labute approximate surface area is 166 Å². The minimum atomic E-state index is 0.396. The van der Waals surface area contributed by atoms with E-state index < -0.39 is 0 Å². The summed E-state index contributed by atoms with van der Waals surface area (Å²) in [6, 6.07) is 0. The lowest BCUT2D eigenvalue weighted by Gasteiger charge is -2.28. The summed E-state index contributed by atoms with van der Waals surface area (Å²) < 4.78 is 11.5. The van der Waals surface area contributed by atoms with Crippen LogP contribution in [0.25, 0.3) is 0 Å². The smallest absolute Gasteiger partial charge is 0.191 e. The van der Waals surface area contributed by atoms with Crippen LogP contribution in [0.5, 0.6) is 0 Å². The van der Waals surface area contributed by atoms with Gasteiger partial charge in [-0.3, -0.25) is 9.89 Å². The van der Waals surface area contributed by atoms with Crippen LogP contribution in [0, 0.1) is 11.8 Å². The molecule has 0 aromatic carbocycles. The van der Waals surface area contributed by atoms with Crippen molar-refractivity contribution < 1.29 is 9.47 Å². The van der Waals surface area contributed by atoms with Crippen molar-refractivity contribution in [2.45, 2.75) is 59.0 Å². The van der Waals surface area contributed by atoms with Gasteiger partial charge in [-0.05, 0) is 44.9 Å². The normalized spacial score (nSPS) is 22.0. The van der Waals surface area contributed by atoms with Gasteiger partial charge in [0.05, 0.1) is 19.3 Å². The quantitative estimate of drug-likeness (QED) is 0.425. The fraction of sp³-hybridized carbons (Fsp3) is 0.952. The first kappa shape index (κ1) is 22.4. The molecule has 2 aliphatic rings. The van der Waals surface area contributed by atoms with Crippen LogP contribution in [0.3, 0.4) is 0 Å². The summed E-state index contributed by atoms with van der Waals surface area (Å²) in [5.41, 5.74) is 0. The maximum absolute atomic E-state index is 6.03. The van der Waals surface area contributed by atoms with Gasteiger partial charge >= 0.3 is 0 Å². The van der Waals surface area contributed by atoms with Crippen molar-refractivity contribution in [2.24, 2.45) is 16.8 Å². The SMILES string of the molecule is CCNC(=NCC(C)CN1CCOCC1)NCCC(OCC)C1CCCC1. The Morgan fingerprint density at radius 3 is 2.59 bits per heavy atom. The molecule has 1 saturated carbocycles. The van der Waals surface area contributed by atoms with Crippen LogP contribution < -0.4 is 10.6 Å².